The second-order valence-electron chi connectivity index (χ2n) is 5.26. The van der Waals surface area contributed by atoms with E-state index in [1.165, 1.54) is 0 Å². The van der Waals surface area contributed by atoms with Crippen LogP contribution in [-0.4, -0.2) is 49.8 Å². The molecule has 2 rings (SSSR count). The number of methoxy groups -OCH3 is 1. The van der Waals surface area contributed by atoms with Gasteiger partial charge in [0, 0.05) is 18.8 Å². The van der Waals surface area contributed by atoms with Crippen molar-refractivity contribution in [3.05, 3.63) is 23.2 Å². The van der Waals surface area contributed by atoms with Crippen LogP contribution < -0.4 is 10.1 Å². The molecule has 1 aliphatic rings. The maximum atomic E-state index is 12.2. The Morgan fingerprint density at radius 2 is 2.10 bits per heavy atom. The standard InChI is InChI=1S/C15H21ClN2O3/c1-10-8-18(9-11(2)21-10)15(19)7-17-12-4-5-14(20-3)13(16)6-12/h4-6,10-11,17H,7-9H2,1-3H3. The molecular weight excluding hydrogens is 292 g/mol. The molecular formula is C15H21ClN2O3. The molecule has 1 heterocycles. The summed E-state index contributed by atoms with van der Waals surface area (Å²) in [5, 5.41) is 3.61. The third kappa shape index (κ3) is 4.25. The average Bonchev–Trinajstić information content (AvgIpc) is 2.43. The number of hydrogen-bond acceptors (Lipinski definition) is 4. The number of anilines is 1. The van der Waals surface area contributed by atoms with Crippen molar-refractivity contribution in [2.24, 2.45) is 0 Å². The molecule has 6 heteroatoms. The molecule has 0 saturated carbocycles. The molecule has 1 saturated heterocycles. The van der Waals surface area contributed by atoms with Crippen molar-refractivity contribution in [2.75, 3.05) is 32.1 Å². The fourth-order valence-corrected chi connectivity index (χ4v) is 2.71. The van der Waals surface area contributed by atoms with E-state index in [1.807, 2.05) is 24.8 Å². The van der Waals surface area contributed by atoms with Crippen molar-refractivity contribution in [3.63, 3.8) is 0 Å². The molecule has 1 aliphatic heterocycles. The Hall–Kier alpha value is -1.46. The highest BCUT2D eigenvalue weighted by atomic mass is 35.5. The topological polar surface area (TPSA) is 50.8 Å². The minimum absolute atomic E-state index is 0.0592. The van der Waals surface area contributed by atoms with Crippen LogP contribution in [0.2, 0.25) is 5.02 Å². The molecule has 2 atom stereocenters. The number of nitrogens with one attached hydrogen (secondary N) is 1. The van der Waals surface area contributed by atoms with Gasteiger partial charge >= 0.3 is 0 Å². The first-order valence-corrected chi connectivity index (χ1v) is 7.38. The Morgan fingerprint density at radius 1 is 1.43 bits per heavy atom. The third-order valence-corrected chi connectivity index (χ3v) is 3.66. The summed E-state index contributed by atoms with van der Waals surface area (Å²) in [6.45, 7) is 5.46. The van der Waals surface area contributed by atoms with E-state index in [9.17, 15) is 4.79 Å². The van der Waals surface area contributed by atoms with Crippen LogP contribution >= 0.6 is 11.6 Å². The maximum absolute atomic E-state index is 12.2. The zero-order chi connectivity index (χ0) is 15.4. The highest BCUT2D eigenvalue weighted by Crippen LogP contribution is 2.27. The Morgan fingerprint density at radius 3 is 2.67 bits per heavy atom. The lowest BCUT2D eigenvalue weighted by atomic mass is 10.2. The van der Waals surface area contributed by atoms with E-state index in [4.69, 9.17) is 21.1 Å². The number of halogens is 1. The summed E-state index contributed by atoms with van der Waals surface area (Å²) in [6.07, 6.45) is 0.154. The van der Waals surface area contributed by atoms with Gasteiger partial charge in [-0.25, -0.2) is 0 Å². The van der Waals surface area contributed by atoms with Crippen LogP contribution in [0.5, 0.6) is 5.75 Å². The monoisotopic (exact) mass is 312 g/mol. The van der Waals surface area contributed by atoms with Crippen LogP contribution in [0.3, 0.4) is 0 Å². The molecule has 0 bridgehead atoms. The van der Waals surface area contributed by atoms with Crippen molar-refractivity contribution < 1.29 is 14.3 Å². The van der Waals surface area contributed by atoms with Crippen LogP contribution in [0, 0.1) is 0 Å². The number of amides is 1. The molecule has 0 aromatic heterocycles. The van der Waals surface area contributed by atoms with Gasteiger partial charge < -0.3 is 19.7 Å². The summed E-state index contributed by atoms with van der Waals surface area (Å²) in [6, 6.07) is 5.36. The Labute approximate surface area is 130 Å². The smallest absolute Gasteiger partial charge is 0.242 e. The first kappa shape index (κ1) is 15.9. The quantitative estimate of drug-likeness (QED) is 0.927. The summed E-state index contributed by atoms with van der Waals surface area (Å²) in [5.41, 5.74) is 0.795. The van der Waals surface area contributed by atoms with E-state index in [0.717, 1.165) is 5.69 Å². The lowest BCUT2D eigenvalue weighted by molar-refractivity contribution is -0.141. The summed E-state index contributed by atoms with van der Waals surface area (Å²) >= 11 is 6.05. The summed E-state index contributed by atoms with van der Waals surface area (Å²) < 4.78 is 10.7. The molecule has 2 unspecified atom stereocenters. The molecule has 1 aromatic rings. The zero-order valence-electron chi connectivity index (χ0n) is 12.6. The second kappa shape index (κ2) is 7.00. The van der Waals surface area contributed by atoms with E-state index in [-0.39, 0.29) is 24.7 Å². The molecule has 1 N–H and O–H groups in total. The molecule has 1 fully saturated rings. The van der Waals surface area contributed by atoms with Gasteiger partial charge in [0.25, 0.3) is 0 Å². The predicted molar refractivity (Wildman–Crippen MR) is 83.1 cm³/mol. The highest BCUT2D eigenvalue weighted by molar-refractivity contribution is 6.32. The fourth-order valence-electron chi connectivity index (χ4n) is 2.45. The van der Waals surface area contributed by atoms with Gasteiger partial charge in [0.05, 0.1) is 30.9 Å². The van der Waals surface area contributed by atoms with Crippen LogP contribution in [-0.2, 0) is 9.53 Å². The number of benzene rings is 1. The molecule has 1 amide bonds. The second-order valence-corrected chi connectivity index (χ2v) is 5.67. The van der Waals surface area contributed by atoms with Crippen molar-refractivity contribution in [1.29, 1.82) is 0 Å². The van der Waals surface area contributed by atoms with Crippen LogP contribution in [0.15, 0.2) is 18.2 Å². The van der Waals surface area contributed by atoms with Crippen molar-refractivity contribution in [1.82, 2.24) is 4.90 Å². The molecule has 5 nitrogen and oxygen atoms in total. The van der Waals surface area contributed by atoms with Gasteiger partial charge in [0.1, 0.15) is 5.75 Å². The van der Waals surface area contributed by atoms with E-state index in [1.54, 1.807) is 19.2 Å². The SMILES string of the molecule is COc1ccc(NCC(=O)N2CC(C)OC(C)C2)cc1Cl. The van der Waals surface area contributed by atoms with Crippen LogP contribution in [0.4, 0.5) is 5.69 Å². The first-order chi connectivity index (χ1) is 9.99. The van der Waals surface area contributed by atoms with E-state index in [2.05, 4.69) is 5.32 Å². The van der Waals surface area contributed by atoms with Crippen molar-refractivity contribution in [3.8, 4) is 5.75 Å². The average molecular weight is 313 g/mol. The molecule has 0 spiro atoms. The number of ether oxygens (including phenoxy) is 2. The molecule has 21 heavy (non-hydrogen) atoms. The molecule has 0 aliphatic carbocycles. The third-order valence-electron chi connectivity index (χ3n) is 3.37. The summed E-state index contributed by atoms with van der Waals surface area (Å²) in [4.78, 5) is 14.1. The van der Waals surface area contributed by atoms with Crippen LogP contribution in [0.25, 0.3) is 0 Å². The normalized spacial score (nSPS) is 22.0. The zero-order valence-corrected chi connectivity index (χ0v) is 13.3. The molecule has 1 aromatic carbocycles. The van der Waals surface area contributed by atoms with E-state index < -0.39 is 0 Å². The van der Waals surface area contributed by atoms with Gasteiger partial charge in [0.2, 0.25) is 5.91 Å². The van der Waals surface area contributed by atoms with Gasteiger partial charge in [-0.15, -0.1) is 0 Å². The fraction of sp³-hybridized carbons (Fsp3) is 0.533. The Kier molecular flexibility index (Phi) is 5.31. The number of hydrogen-bond donors (Lipinski definition) is 1. The molecule has 0 radical (unpaired) electrons. The van der Waals surface area contributed by atoms with E-state index in [0.29, 0.717) is 23.9 Å². The number of rotatable bonds is 4. The lowest BCUT2D eigenvalue weighted by Crippen LogP contribution is -2.49. The van der Waals surface area contributed by atoms with Gasteiger partial charge in [0.15, 0.2) is 0 Å². The van der Waals surface area contributed by atoms with E-state index >= 15 is 0 Å². The van der Waals surface area contributed by atoms with Gasteiger partial charge in [-0.2, -0.15) is 0 Å². The highest BCUT2D eigenvalue weighted by Gasteiger charge is 2.25. The Bertz CT molecular complexity index is 500. The number of morpholine rings is 1. The van der Waals surface area contributed by atoms with Crippen molar-refractivity contribution in [2.45, 2.75) is 26.1 Å². The lowest BCUT2D eigenvalue weighted by Gasteiger charge is -2.35. The first-order valence-electron chi connectivity index (χ1n) is 7.00. The summed E-state index contributed by atoms with van der Waals surface area (Å²) in [7, 11) is 1.57. The van der Waals surface area contributed by atoms with Gasteiger partial charge in [-0.3, -0.25) is 4.79 Å². The maximum Gasteiger partial charge on any atom is 0.242 e. The minimum atomic E-state index is 0.0592. The Balaban J connectivity index is 1.90. The number of carbonyl (C=O) groups excluding carboxylic acids is 1. The molecule has 116 valence electrons. The number of nitrogens with zero attached hydrogens (tertiary/aromatic N) is 1. The van der Waals surface area contributed by atoms with Gasteiger partial charge in [-0.05, 0) is 32.0 Å². The summed E-state index contributed by atoms with van der Waals surface area (Å²) in [5.74, 6) is 0.674. The minimum Gasteiger partial charge on any atom is -0.495 e. The van der Waals surface area contributed by atoms with Crippen LogP contribution in [0.1, 0.15) is 13.8 Å². The predicted octanol–water partition coefficient (Wildman–Crippen LogP) is 2.40. The van der Waals surface area contributed by atoms with Gasteiger partial charge in [-0.1, -0.05) is 11.6 Å². The largest absolute Gasteiger partial charge is 0.495 e. The number of carbonyl (C=O) groups is 1. The van der Waals surface area contributed by atoms with Crippen molar-refractivity contribution >= 4 is 23.2 Å².